The molecule has 0 amide bonds. The van der Waals surface area contributed by atoms with E-state index in [4.69, 9.17) is 4.74 Å². The second-order valence-corrected chi connectivity index (χ2v) is 6.24. The molecule has 0 radical (unpaired) electrons. The summed E-state index contributed by atoms with van der Waals surface area (Å²) < 4.78 is 7.75. The molecule has 0 aliphatic carbocycles. The van der Waals surface area contributed by atoms with Gasteiger partial charge in [-0.3, -0.25) is 0 Å². The van der Waals surface area contributed by atoms with Crippen LogP contribution in [0.5, 0.6) is 5.75 Å². The third-order valence-corrected chi connectivity index (χ3v) is 3.18. The highest BCUT2D eigenvalue weighted by atomic mass is 16.5. The van der Waals surface area contributed by atoms with E-state index in [1.54, 1.807) is 6.33 Å². The number of nitrogens with zero attached hydrogens (tertiary/aromatic N) is 3. The second kappa shape index (κ2) is 6.26. The van der Waals surface area contributed by atoms with Crippen LogP contribution in [0, 0.1) is 0 Å². The molecule has 1 aromatic heterocycles. The molecule has 0 saturated carbocycles. The number of nitrogens with one attached hydrogen (secondary N) is 1. The van der Waals surface area contributed by atoms with Crippen molar-refractivity contribution in [2.75, 3.05) is 0 Å². The predicted octanol–water partition coefficient (Wildman–Crippen LogP) is 2.84. The van der Waals surface area contributed by atoms with Crippen molar-refractivity contribution in [1.29, 1.82) is 0 Å². The molecule has 5 heteroatoms. The third-order valence-electron chi connectivity index (χ3n) is 3.18. The molecule has 1 atom stereocenters. The van der Waals surface area contributed by atoms with Gasteiger partial charge in [-0.1, -0.05) is 12.1 Å². The van der Waals surface area contributed by atoms with Crippen LogP contribution in [0.15, 0.2) is 30.6 Å². The summed E-state index contributed by atoms with van der Waals surface area (Å²) in [5, 5.41) is 11.4. The molecular weight excluding hydrogens is 264 g/mol. The summed E-state index contributed by atoms with van der Waals surface area (Å²) in [4.78, 5) is 0. The molecule has 21 heavy (non-hydrogen) atoms. The van der Waals surface area contributed by atoms with Crippen molar-refractivity contribution < 1.29 is 4.74 Å². The van der Waals surface area contributed by atoms with Crippen molar-refractivity contribution in [3.05, 3.63) is 42.0 Å². The van der Waals surface area contributed by atoms with E-state index in [0.29, 0.717) is 6.54 Å². The first kappa shape index (κ1) is 15.5. The molecule has 1 unspecified atom stereocenters. The molecule has 1 aromatic carbocycles. The van der Waals surface area contributed by atoms with E-state index in [0.717, 1.165) is 11.6 Å². The fraction of sp³-hybridized carbons (Fsp3) is 0.500. The standard InChI is InChI=1S/C16H24N4O/c1-12(17-10-15-19-18-11-20(15)5)13-6-8-14(9-7-13)21-16(2,3)4/h6-9,11-12,17H,10H2,1-5H3. The van der Waals surface area contributed by atoms with Crippen molar-refractivity contribution in [2.24, 2.45) is 7.05 Å². The summed E-state index contributed by atoms with van der Waals surface area (Å²) in [6.45, 7) is 8.97. The lowest BCUT2D eigenvalue weighted by Gasteiger charge is -2.22. The van der Waals surface area contributed by atoms with Gasteiger partial charge in [-0.05, 0) is 45.4 Å². The first-order chi connectivity index (χ1) is 9.85. The molecule has 1 heterocycles. The largest absolute Gasteiger partial charge is 0.488 e. The van der Waals surface area contributed by atoms with Crippen LogP contribution in [0.25, 0.3) is 0 Å². The number of aryl methyl sites for hydroxylation is 1. The molecule has 2 rings (SSSR count). The van der Waals surface area contributed by atoms with Gasteiger partial charge in [0.05, 0.1) is 6.54 Å². The van der Waals surface area contributed by atoms with E-state index in [-0.39, 0.29) is 11.6 Å². The maximum atomic E-state index is 5.83. The van der Waals surface area contributed by atoms with Crippen LogP contribution in [0.3, 0.4) is 0 Å². The number of benzene rings is 1. The normalized spacial score (nSPS) is 13.2. The topological polar surface area (TPSA) is 52.0 Å². The Labute approximate surface area is 126 Å². The Bertz CT molecular complexity index is 569. The molecule has 0 fully saturated rings. The van der Waals surface area contributed by atoms with E-state index in [1.165, 1.54) is 5.56 Å². The Morgan fingerprint density at radius 2 is 1.90 bits per heavy atom. The SMILES string of the molecule is CC(NCc1nncn1C)c1ccc(OC(C)(C)C)cc1. The Balaban J connectivity index is 1.93. The monoisotopic (exact) mass is 288 g/mol. The van der Waals surface area contributed by atoms with Crippen LogP contribution in [0.1, 0.15) is 45.1 Å². The number of hydrogen-bond acceptors (Lipinski definition) is 4. The molecule has 0 aliphatic heterocycles. The van der Waals surface area contributed by atoms with Crippen LogP contribution in [-0.2, 0) is 13.6 Å². The highest BCUT2D eigenvalue weighted by molar-refractivity contribution is 5.29. The average Bonchev–Trinajstić information content (AvgIpc) is 2.80. The van der Waals surface area contributed by atoms with Crippen molar-refractivity contribution >= 4 is 0 Å². The Morgan fingerprint density at radius 3 is 2.43 bits per heavy atom. The van der Waals surface area contributed by atoms with E-state index < -0.39 is 0 Å². The van der Waals surface area contributed by atoms with E-state index >= 15 is 0 Å². The van der Waals surface area contributed by atoms with Gasteiger partial charge < -0.3 is 14.6 Å². The highest BCUT2D eigenvalue weighted by Crippen LogP contribution is 2.21. The minimum absolute atomic E-state index is 0.170. The van der Waals surface area contributed by atoms with Crippen LogP contribution in [-0.4, -0.2) is 20.4 Å². The molecule has 0 spiro atoms. The van der Waals surface area contributed by atoms with Crippen molar-refractivity contribution in [1.82, 2.24) is 20.1 Å². The summed E-state index contributed by atoms with van der Waals surface area (Å²) in [6.07, 6.45) is 1.71. The third kappa shape index (κ3) is 4.56. The first-order valence-corrected chi connectivity index (χ1v) is 7.20. The molecule has 0 bridgehead atoms. The van der Waals surface area contributed by atoms with Gasteiger partial charge >= 0.3 is 0 Å². The highest BCUT2D eigenvalue weighted by Gasteiger charge is 2.12. The molecule has 0 aliphatic rings. The maximum absolute atomic E-state index is 5.83. The number of ether oxygens (including phenoxy) is 1. The van der Waals surface area contributed by atoms with Gasteiger partial charge in [0.1, 0.15) is 23.5 Å². The van der Waals surface area contributed by atoms with E-state index in [2.05, 4.69) is 34.6 Å². The lowest BCUT2D eigenvalue weighted by molar-refractivity contribution is 0.131. The Kier molecular flexibility index (Phi) is 4.63. The summed E-state index contributed by atoms with van der Waals surface area (Å²) >= 11 is 0. The molecule has 2 aromatic rings. The lowest BCUT2D eigenvalue weighted by atomic mass is 10.1. The average molecular weight is 288 g/mol. The minimum Gasteiger partial charge on any atom is -0.488 e. The van der Waals surface area contributed by atoms with Gasteiger partial charge in [0, 0.05) is 13.1 Å². The van der Waals surface area contributed by atoms with Crippen LogP contribution >= 0.6 is 0 Å². The second-order valence-electron chi connectivity index (χ2n) is 6.24. The zero-order valence-corrected chi connectivity index (χ0v) is 13.4. The number of aromatic nitrogens is 3. The van der Waals surface area contributed by atoms with Crippen molar-refractivity contribution in [3.63, 3.8) is 0 Å². The van der Waals surface area contributed by atoms with Crippen LogP contribution < -0.4 is 10.1 Å². The summed E-state index contributed by atoms with van der Waals surface area (Å²) in [6, 6.07) is 8.46. The van der Waals surface area contributed by atoms with Gasteiger partial charge in [-0.2, -0.15) is 0 Å². The van der Waals surface area contributed by atoms with E-state index in [9.17, 15) is 0 Å². The molecule has 5 nitrogen and oxygen atoms in total. The van der Waals surface area contributed by atoms with Gasteiger partial charge in [0.15, 0.2) is 0 Å². The molecular formula is C16H24N4O. The Morgan fingerprint density at radius 1 is 1.24 bits per heavy atom. The maximum Gasteiger partial charge on any atom is 0.146 e. The van der Waals surface area contributed by atoms with Gasteiger partial charge in [-0.25, -0.2) is 0 Å². The molecule has 114 valence electrons. The fourth-order valence-electron chi connectivity index (χ4n) is 2.01. The lowest BCUT2D eigenvalue weighted by Crippen LogP contribution is -2.23. The first-order valence-electron chi connectivity index (χ1n) is 7.20. The Hall–Kier alpha value is -1.88. The predicted molar refractivity (Wildman–Crippen MR) is 83.1 cm³/mol. The zero-order valence-electron chi connectivity index (χ0n) is 13.4. The van der Waals surface area contributed by atoms with Crippen LogP contribution in [0.4, 0.5) is 0 Å². The smallest absolute Gasteiger partial charge is 0.146 e. The minimum atomic E-state index is -0.170. The summed E-state index contributed by atoms with van der Waals surface area (Å²) in [5.41, 5.74) is 1.05. The van der Waals surface area contributed by atoms with Crippen LogP contribution in [0.2, 0.25) is 0 Å². The van der Waals surface area contributed by atoms with Gasteiger partial charge in [0.25, 0.3) is 0 Å². The number of hydrogen-bond donors (Lipinski definition) is 1. The van der Waals surface area contributed by atoms with Crippen molar-refractivity contribution in [2.45, 2.75) is 45.9 Å². The summed E-state index contributed by atoms with van der Waals surface area (Å²) in [7, 11) is 1.94. The fourth-order valence-corrected chi connectivity index (χ4v) is 2.01. The zero-order chi connectivity index (χ0) is 15.5. The molecule has 1 N–H and O–H groups in total. The molecule has 0 saturated heterocycles. The van der Waals surface area contributed by atoms with E-state index in [1.807, 2.05) is 44.5 Å². The number of rotatable bonds is 5. The van der Waals surface area contributed by atoms with Gasteiger partial charge in [-0.15, -0.1) is 10.2 Å². The van der Waals surface area contributed by atoms with Gasteiger partial charge in [0.2, 0.25) is 0 Å². The quantitative estimate of drug-likeness (QED) is 0.919. The summed E-state index contributed by atoms with van der Waals surface area (Å²) in [5.74, 6) is 1.82. The van der Waals surface area contributed by atoms with Crippen molar-refractivity contribution in [3.8, 4) is 5.75 Å².